The van der Waals surface area contributed by atoms with Gasteiger partial charge in [0.25, 0.3) is 0 Å². The molecular weight excluding hydrogens is 528 g/mol. The van der Waals surface area contributed by atoms with E-state index in [4.69, 9.17) is 10.8 Å². The molecule has 0 aliphatic heterocycles. The van der Waals surface area contributed by atoms with Gasteiger partial charge in [-0.3, -0.25) is 38.4 Å². The zero-order chi connectivity index (χ0) is 25.2. The summed E-state index contributed by atoms with van der Waals surface area (Å²) in [5.41, 5.74) is 5.04. The smallest absolute Gasteiger partial charge is 0.322 e. The van der Waals surface area contributed by atoms with E-state index in [2.05, 4.69) is 31.9 Å². The summed E-state index contributed by atoms with van der Waals surface area (Å²) < 4.78 is 0. The average molecular weight is 555 g/mol. The van der Waals surface area contributed by atoms with Gasteiger partial charge in [-0.25, -0.2) is 0 Å². The second-order valence-corrected chi connectivity index (χ2v) is 6.03. The molecule has 34 heavy (non-hydrogen) atoms. The van der Waals surface area contributed by atoms with Gasteiger partial charge in [-0.2, -0.15) is 0 Å². The number of hydrogen-bond acceptors (Lipinski definition) is 9. The molecule has 7 amide bonds. The number of carbonyl (C=O) groups excluding carboxylic acids is 7. The van der Waals surface area contributed by atoms with Crippen LogP contribution in [0.5, 0.6) is 0 Å². The number of amides is 7. The van der Waals surface area contributed by atoms with Crippen molar-refractivity contribution in [3.8, 4) is 0 Å². The first-order valence-corrected chi connectivity index (χ1v) is 9.32. The molecule has 0 aromatic carbocycles. The monoisotopic (exact) mass is 554 g/mol. The van der Waals surface area contributed by atoms with Gasteiger partial charge in [0, 0.05) is 0 Å². The Bertz CT molecular complexity index is 778. The molecule has 0 unspecified atom stereocenters. The molecule has 0 spiro atoms. The summed E-state index contributed by atoms with van der Waals surface area (Å²) in [6.07, 6.45) is 0. The van der Waals surface area contributed by atoms with Gasteiger partial charge >= 0.3 is 5.97 Å². The molecule has 0 rings (SSSR count). The Morgan fingerprint density at radius 3 is 0.853 bits per heavy atom. The maximum Gasteiger partial charge on any atom is 0.322 e. The van der Waals surface area contributed by atoms with Gasteiger partial charge < -0.3 is 48.1 Å². The molecule has 0 atom stereocenters. The van der Waals surface area contributed by atoms with Gasteiger partial charge in [0.2, 0.25) is 41.4 Å². The third kappa shape index (κ3) is 18.9. The standard InChI is InChI=1S/C16H26N8O9.BrH/c17-1-9(25)18-2-10(26)19-3-11(27)20-4-12(28)21-5-13(29)22-6-14(30)23-7-15(31)24-8-16(32)33;/h1-8,17H2,(H,18,25)(H,19,26)(H,20,27)(H,21,28)(H,22,29)(H,23,30)(H,24,31)(H,32,33);1H. The van der Waals surface area contributed by atoms with Gasteiger partial charge in [0.1, 0.15) is 6.54 Å². The van der Waals surface area contributed by atoms with Crippen LogP contribution >= 0.6 is 17.0 Å². The lowest BCUT2D eigenvalue weighted by atomic mass is 10.4. The fourth-order valence-electron chi connectivity index (χ4n) is 1.69. The summed E-state index contributed by atoms with van der Waals surface area (Å²) in [6, 6.07) is 0. The summed E-state index contributed by atoms with van der Waals surface area (Å²) in [5, 5.41) is 23.5. The van der Waals surface area contributed by atoms with Crippen molar-refractivity contribution in [3.05, 3.63) is 0 Å². The van der Waals surface area contributed by atoms with E-state index in [1.807, 2.05) is 5.32 Å². The van der Waals surface area contributed by atoms with Gasteiger partial charge in [-0.05, 0) is 0 Å². The quantitative estimate of drug-likeness (QED) is 0.0922. The number of carboxylic acids is 1. The molecule has 0 saturated heterocycles. The number of nitrogens with two attached hydrogens (primary N) is 1. The van der Waals surface area contributed by atoms with E-state index in [0.717, 1.165) is 0 Å². The van der Waals surface area contributed by atoms with Gasteiger partial charge in [-0.1, -0.05) is 0 Å². The lowest BCUT2D eigenvalue weighted by Gasteiger charge is -2.09. The van der Waals surface area contributed by atoms with E-state index in [-0.39, 0.29) is 30.1 Å². The van der Waals surface area contributed by atoms with Crippen LogP contribution in [-0.2, 0) is 38.4 Å². The topological polar surface area (TPSA) is 267 Å². The number of rotatable bonds is 15. The highest BCUT2D eigenvalue weighted by Crippen LogP contribution is 1.73. The van der Waals surface area contributed by atoms with Crippen LogP contribution in [0.4, 0.5) is 0 Å². The predicted molar refractivity (Wildman–Crippen MR) is 118 cm³/mol. The van der Waals surface area contributed by atoms with Crippen LogP contribution in [0.25, 0.3) is 0 Å². The Balaban J connectivity index is 0. The highest BCUT2D eigenvalue weighted by atomic mass is 79.9. The Kier molecular flexibility index (Phi) is 17.8. The van der Waals surface area contributed by atoms with Crippen LogP contribution in [0.1, 0.15) is 0 Å². The van der Waals surface area contributed by atoms with Crippen LogP contribution in [0, 0.1) is 0 Å². The minimum absolute atomic E-state index is 0. The number of nitrogens with one attached hydrogen (secondary N) is 7. The summed E-state index contributed by atoms with van der Waals surface area (Å²) in [4.78, 5) is 90.0. The Labute approximate surface area is 203 Å². The van der Waals surface area contributed by atoms with Crippen molar-refractivity contribution >= 4 is 64.3 Å². The van der Waals surface area contributed by atoms with Crippen molar-refractivity contribution in [2.24, 2.45) is 5.73 Å². The number of carbonyl (C=O) groups is 8. The summed E-state index contributed by atoms with van der Waals surface area (Å²) in [6.45, 7) is -3.68. The Morgan fingerprint density at radius 2 is 0.647 bits per heavy atom. The van der Waals surface area contributed by atoms with Crippen LogP contribution in [-0.4, -0.2) is 105 Å². The van der Waals surface area contributed by atoms with E-state index in [1.165, 1.54) is 0 Å². The molecule has 0 bridgehead atoms. The fourth-order valence-corrected chi connectivity index (χ4v) is 1.69. The van der Waals surface area contributed by atoms with Crippen molar-refractivity contribution in [1.82, 2.24) is 37.2 Å². The molecular formula is C16H27BrN8O9. The molecule has 0 aliphatic rings. The van der Waals surface area contributed by atoms with Crippen molar-refractivity contribution in [2.45, 2.75) is 0 Å². The highest BCUT2D eigenvalue weighted by Gasteiger charge is 2.11. The van der Waals surface area contributed by atoms with Crippen LogP contribution in [0.3, 0.4) is 0 Å². The normalized spacial score (nSPS) is 9.32. The minimum Gasteiger partial charge on any atom is -0.480 e. The number of hydrogen-bond donors (Lipinski definition) is 9. The lowest BCUT2D eigenvalue weighted by molar-refractivity contribution is -0.137. The second-order valence-electron chi connectivity index (χ2n) is 6.03. The van der Waals surface area contributed by atoms with Crippen LogP contribution in [0.2, 0.25) is 0 Å². The van der Waals surface area contributed by atoms with Crippen molar-refractivity contribution < 1.29 is 43.5 Å². The van der Waals surface area contributed by atoms with E-state index in [9.17, 15) is 38.4 Å². The zero-order valence-corrected chi connectivity index (χ0v) is 19.6. The van der Waals surface area contributed by atoms with Crippen molar-refractivity contribution in [1.29, 1.82) is 0 Å². The first kappa shape index (κ1) is 32.4. The van der Waals surface area contributed by atoms with Crippen LogP contribution < -0.4 is 43.0 Å². The Morgan fingerprint density at radius 1 is 0.441 bits per heavy atom. The third-order valence-corrected chi connectivity index (χ3v) is 3.30. The maximum absolute atomic E-state index is 11.6. The predicted octanol–water partition coefficient (Wildman–Crippen LogP) is -6.58. The summed E-state index contributed by atoms with van der Waals surface area (Å²) in [5.74, 6) is -6.04. The number of aliphatic carboxylic acids is 1. The largest absolute Gasteiger partial charge is 0.480 e. The van der Waals surface area contributed by atoms with E-state index in [1.54, 1.807) is 0 Å². The highest BCUT2D eigenvalue weighted by molar-refractivity contribution is 8.93. The molecule has 0 aromatic heterocycles. The maximum atomic E-state index is 11.6. The average Bonchev–Trinajstić information content (AvgIpc) is 2.78. The zero-order valence-electron chi connectivity index (χ0n) is 17.9. The van der Waals surface area contributed by atoms with Gasteiger partial charge in [0.15, 0.2) is 0 Å². The summed E-state index contributed by atoms with van der Waals surface area (Å²) >= 11 is 0. The van der Waals surface area contributed by atoms with E-state index < -0.39 is 86.6 Å². The van der Waals surface area contributed by atoms with Crippen molar-refractivity contribution in [2.75, 3.05) is 52.4 Å². The SMILES string of the molecule is Br.NCC(=O)NCC(=O)NCC(=O)NCC(=O)NCC(=O)NCC(=O)NCC(=O)NCC(=O)O. The van der Waals surface area contributed by atoms with E-state index >= 15 is 0 Å². The molecule has 0 aliphatic carbocycles. The molecule has 18 heteroatoms. The number of carboxylic acid groups (broad SMARTS) is 1. The van der Waals surface area contributed by atoms with Crippen molar-refractivity contribution in [3.63, 3.8) is 0 Å². The molecule has 17 nitrogen and oxygen atoms in total. The molecule has 0 saturated carbocycles. The Hall–Kier alpha value is -3.80. The molecule has 0 radical (unpaired) electrons. The molecule has 10 N–H and O–H groups in total. The fraction of sp³-hybridized carbons (Fsp3) is 0.500. The van der Waals surface area contributed by atoms with Gasteiger partial charge in [0.05, 0.1) is 45.8 Å². The lowest BCUT2D eigenvalue weighted by Crippen LogP contribution is -2.47. The first-order valence-electron chi connectivity index (χ1n) is 9.32. The molecule has 0 aromatic rings. The molecule has 192 valence electrons. The summed E-state index contributed by atoms with van der Waals surface area (Å²) in [7, 11) is 0. The third-order valence-electron chi connectivity index (χ3n) is 3.30. The second kappa shape index (κ2) is 18.7. The molecule has 0 heterocycles. The minimum atomic E-state index is -1.25. The number of halogens is 1. The van der Waals surface area contributed by atoms with E-state index in [0.29, 0.717) is 0 Å². The first-order chi connectivity index (χ1) is 15.5. The van der Waals surface area contributed by atoms with Gasteiger partial charge in [-0.15, -0.1) is 17.0 Å². The van der Waals surface area contributed by atoms with Crippen LogP contribution in [0.15, 0.2) is 0 Å². The molecule has 0 fully saturated rings.